The van der Waals surface area contributed by atoms with Crippen LogP contribution in [-0.2, 0) is 4.79 Å². The molecule has 0 spiro atoms. The van der Waals surface area contributed by atoms with Gasteiger partial charge in [0.2, 0.25) is 11.8 Å². The molecule has 1 aromatic heterocycles. The van der Waals surface area contributed by atoms with Crippen molar-refractivity contribution in [2.24, 2.45) is 0 Å². The number of nitrogens with zero attached hydrogens (tertiary/aromatic N) is 2. The third kappa shape index (κ3) is 4.70. The van der Waals surface area contributed by atoms with Crippen molar-refractivity contribution >= 4 is 11.6 Å². The fourth-order valence-corrected chi connectivity index (χ4v) is 2.94. The molecule has 1 amide bonds. The van der Waals surface area contributed by atoms with Crippen LogP contribution in [0.2, 0.25) is 0 Å². The van der Waals surface area contributed by atoms with E-state index in [0.717, 1.165) is 28.9 Å². The molecular weight excluding hydrogens is 338 g/mol. The maximum atomic E-state index is 12.8. The van der Waals surface area contributed by atoms with Crippen LogP contribution in [0.1, 0.15) is 31.7 Å². The van der Waals surface area contributed by atoms with E-state index in [-0.39, 0.29) is 11.8 Å². The largest absolute Gasteiger partial charge is 0.477 e. The number of carbonyl (C=O) groups excluding carboxylic acids is 1. The summed E-state index contributed by atoms with van der Waals surface area (Å²) in [4.78, 5) is 12.8. The molecule has 0 radical (unpaired) electrons. The summed E-state index contributed by atoms with van der Waals surface area (Å²) < 4.78 is 5.32. The minimum atomic E-state index is -0.180. The summed E-state index contributed by atoms with van der Waals surface area (Å²) in [6, 6.07) is 21.1. The van der Waals surface area contributed by atoms with Gasteiger partial charge in [0.1, 0.15) is 0 Å². The van der Waals surface area contributed by atoms with Crippen molar-refractivity contribution in [2.45, 2.75) is 26.2 Å². The molecule has 2 aromatic carbocycles. The van der Waals surface area contributed by atoms with Crippen LogP contribution in [0.5, 0.6) is 5.88 Å². The molecule has 5 nitrogen and oxygen atoms in total. The first-order chi connectivity index (χ1) is 13.2. The molecule has 0 saturated heterocycles. The molecule has 0 aliphatic heterocycles. The fraction of sp³-hybridized carbons (Fsp3) is 0.227. The second-order valence-electron chi connectivity index (χ2n) is 6.13. The third-order valence-corrected chi connectivity index (χ3v) is 4.28. The normalized spacial score (nSPS) is 11.6. The molecule has 27 heavy (non-hydrogen) atoms. The van der Waals surface area contributed by atoms with Crippen molar-refractivity contribution in [1.82, 2.24) is 10.2 Å². The molecule has 1 N–H and O–H groups in total. The summed E-state index contributed by atoms with van der Waals surface area (Å²) in [7, 11) is 0. The van der Waals surface area contributed by atoms with Crippen LogP contribution in [0.25, 0.3) is 11.3 Å². The molecule has 0 aliphatic carbocycles. The molecular formula is C22H23N3O2. The zero-order valence-corrected chi connectivity index (χ0v) is 15.6. The van der Waals surface area contributed by atoms with Gasteiger partial charge in [-0.15, -0.1) is 10.2 Å². The highest BCUT2D eigenvalue weighted by molar-refractivity contribution is 5.96. The molecule has 1 unspecified atom stereocenters. The number of carbonyl (C=O) groups is 1. The summed E-state index contributed by atoms with van der Waals surface area (Å²) in [5, 5.41) is 11.3. The van der Waals surface area contributed by atoms with E-state index in [0.29, 0.717) is 12.5 Å². The summed E-state index contributed by atoms with van der Waals surface area (Å²) >= 11 is 0. The molecule has 0 aliphatic rings. The third-order valence-electron chi connectivity index (χ3n) is 4.28. The van der Waals surface area contributed by atoms with Gasteiger partial charge in [-0.3, -0.25) is 4.79 Å². The Morgan fingerprint density at radius 1 is 1.00 bits per heavy atom. The Kier molecular flexibility index (Phi) is 6.15. The van der Waals surface area contributed by atoms with Gasteiger partial charge in [0.15, 0.2) is 0 Å². The van der Waals surface area contributed by atoms with E-state index in [2.05, 4.69) is 15.5 Å². The Bertz CT molecular complexity index is 880. The van der Waals surface area contributed by atoms with Gasteiger partial charge in [-0.2, -0.15) is 0 Å². The molecule has 0 fully saturated rings. The Labute approximate surface area is 159 Å². The van der Waals surface area contributed by atoms with Gasteiger partial charge in [0.05, 0.1) is 18.2 Å². The van der Waals surface area contributed by atoms with E-state index in [9.17, 15) is 4.79 Å². The first-order valence-electron chi connectivity index (χ1n) is 9.14. The number of ether oxygens (including phenoxy) is 1. The van der Waals surface area contributed by atoms with Crippen molar-refractivity contribution in [3.8, 4) is 17.1 Å². The molecule has 5 heteroatoms. The fourth-order valence-electron chi connectivity index (χ4n) is 2.94. The standard InChI is InChI=1S/C22H23N3O2/c1-3-19(16-9-6-5-7-10-16)22(26)23-18-12-8-11-17(15-18)20-13-14-21(25-24-20)27-4-2/h5-15,19H,3-4H2,1-2H3,(H,23,26). The van der Waals surface area contributed by atoms with Crippen LogP contribution >= 0.6 is 0 Å². The zero-order chi connectivity index (χ0) is 19.1. The molecule has 1 heterocycles. The van der Waals surface area contributed by atoms with E-state index in [1.165, 1.54) is 0 Å². The first-order valence-corrected chi connectivity index (χ1v) is 9.14. The van der Waals surface area contributed by atoms with Gasteiger partial charge in [-0.1, -0.05) is 49.4 Å². The number of anilines is 1. The number of nitrogens with one attached hydrogen (secondary N) is 1. The van der Waals surface area contributed by atoms with E-state index in [1.54, 1.807) is 6.07 Å². The summed E-state index contributed by atoms with van der Waals surface area (Å²) in [5.41, 5.74) is 3.37. The average molecular weight is 361 g/mol. The Morgan fingerprint density at radius 3 is 2.48 bits per heavy atom. The highest BCUT2D eigenvalue weighted by Crippen LogP contribution is 2.24. The van der Waals surface area contributed by atoms with Gasteiger partial charge in [-0.05, 0) is 37.1 Å². The number of benzene rings is 2. The zero-order valence-electron chi connectivity index (χ0n) is 15.6. The lowest BCUT2D eigenvalue weighted by Crippen LogP contribution is -2.20. The molecule has 3 aromatic rings. The lowest BCUT2D eigenvalue weighted by atomic mass is 9.95. The highest BCUT2D eigenvalue weighted by atomic mass is 16.5. The van der Waals surface area contributed by atoms with Gasteiger partial charge in [-0.25, -0.2) is 0 Å². The smallest absolute Gasteiger partial charge is 0.233 e. The lowest BCUT2D eigenvalue weighted by Gasteiger charge is -2.16. The molecule has 3 rings (SSSR count). The summed E-state index contributed by atoms with van der Waals surface area (Å²) in [6.07, 6.45) is 0.736. The van der Waals surface area contributed by atoms with Crippen molar-refractivity contribution < 1.29 is 9.53 Å². The van der Waals surface area contributed by atoms with Crippen molar-refractivity contribution in [3.63, 3.8) is 0 Å². The average Bonchev–Trinajstić information content (AvgIpc) is 2.70. The van der Waals surface area contributed by atoms with Crippen molar-refractivity contribution in [3.05, 3.63) is 72.3 Å². The van der Waals surface area contributed by atoms with Crippen molar-refractivity contribution in [1.29, 1.82) is 0 Å². The number of hydrogen-bond donors (Lipinski definition) is 1. The van der Waals surface area contributed by atoms with Crippen LogP contribution in [-0.4, -0.2) is 22.7 Å². The Morgan fingerprint density at radius 2 is 1.81 bits per heavy atom. The monoisotopic (exact) mass is 361 g/mol. The minimum Gasteiger partial charge on any atom is -0.477 e. The second kappa shape index (κ2) is 8.94. The van der Waals surface area contributed by atoms with Crippen LogP contribution in [0.15, 0.2) is 66.7 Å². The SMILES string of the molecule is CCOc1ccc(-c2cccc(NC(=O)C(CC)c3ccccc3)c2)nn1. The minimum absolute atomic E-state index is 0.0152. The van der Waals surface area contributed by atoms with Gasteiger partial charge >= 0.3 is 0 Å². The Hall–Kier alpha value is -3.21. The second-order valence-corrected chi connectivity index (χ2v) is 6.13. The number of aromatic nitrogens is 2. The van der Waals surface area contributed by atoms with E-state index in [4.69, 9.17) is 4.74 Å². The van der Waals surface area contributed by atoms with Crippen LogP contribution < -0.4 is 10.1 Å². The van der Waals surface area contributed by atoms with Gasteiger partial charge in [0.25, 0.3) is 0 Å². The predicted molar refractivity (Wildman–Crippen MR) is 107 cm³/mol. The van der Waals surface area contributed by atoms with Gasteiger partial charge in [0, 0.05) is 17.3 Å². The van der Waals surface area contributed by atoms with Crippen LogP contribution in [0, 0.1) is 0 Å². The lowest BCUT2D eigenvalue weighted by molar-refractivity contribution is -0.117. The van der Waals surface area contributed by atoms with Crippen LogP contribution in [0.4, 0.5) is 5.69 Å². The number of amides is 1. The first kappa shape index (κ1) is 18.6. The molecule has 138 valence electrons. The van der Waals surface area contributed by atoms with Crippen molar-refractivity contribution in [2.75, 3.05) is 11.9 Å². The predicted octanol–water partition coefficient (Wildman–Crippen LogP) is 4.67. The van der Waals surface area contributed by atoms with Crippen LogP contribution in [0.3, 0.4) is 0 Å². The van der Waals surface area contributed by atoms with E-state index >= 15 is 0 Å². The molecule has 0 saturated carbocycles. The molecule has 1 atom stereocenters. The Balaban J connectivity index is 1.76. The van der Waals surface area contributed by atoms with E-state index in [1.807, 2.05) is 74.5 Å². The number of rotatable bonds is 7. The summed E-state index contributed by atoms with van der Waals surface area (Å²) in [5.74, 6) is 0.304. The highest BCUT2D eigenvalue weighted by Gasteiger charge is 2.18. The molecule has 0 bridgehead atoms. The maximum absolute atomic E-state index is 12.8. The maximum Gasteiger partial charge on any atom is 0.233 e. The quantitative estimate of drug-likeness (QED) is 0.664. The topological polar surface area (TPSA) is 64.1 Å². The number of hydrogen-bond acceptors (Lipinski definition) is 4. The van der Waals surface area contributed by atoms with E-state index < -0.39 is 0 Å². The van der Waals surface area contributed by atoms with Gasteiger partial charge < -0.3 is 10.1 Å². The summed E-state index contributed by atoms with van der Waals surface area (Å²) in [6.45, 7) is 4.47.